The van der Waals surface area contributed by atoms with Crippen LogP contribution in [-0.4, -0.2) is 51.3 Å². The lowest BCUT2D eigenvalue weighted by atomic mass is 10.4. The molecule has 0 aromatic heterocycles. The van der Waals surface area contributed by atoms with Gasteiger partial charge in [-0.15, -0.1) is 0 Å². The first kappa shape index (κ1) is 17.9. The molecule has 2 N–H and O–H groups in total. The molecule has 0 bridgehead atoms. The Kier molecular flexibility index (Phi) is 12.5. The van der Waals surface area contributed by atoms with Crippen LogP contribution < -0.4 is 10.6 Å². The topological polar surface area (TPSA) is 76.7 Å². The molecule has 0 rings (SSSR count). The van der Waals surface area contributed by atoms with Crippen molar-refractivity contribution in [2.75, 3.05) is 39.5 Å². The molecule has 0 atom stereocenters. The number of carbonyl (C=O) groups is 2. The Morgan fingerprint density at radius 3 is 2.11 bits per heavy atom. The largest absolute Gasteiger partial charge is 0.379 e. The Labute approximate surface area is 115 Å². The van der Waals surface area contributed by atoms with Crippen molar-refractivity contribution in [3.63, 3.8) is 0 Å². The summed E-state index contributed by atoms with van der Waals surface area (Å²) in [6.45, 7) is 6.87. The van der Waals surface area contributed by atoms with Gasteiger partial charge in [-0.3, -0.25) is 9.59 Å². The molecule has 0 aliphatic rings. The number of ether oxygens (including phenoxy) is 2. The second kappa shape index (κ2) is 13.3. The van der Waals surface area contributed by atoms with Crippen LogP contribution in [0.2, 0.25) is 0 Å². The van der Waals surface area contributed by atoms with Gasteiger partial charge >= 0.3 is 0 Å². The third-order valence-corrected chi connectivity index (χ3v) is 2.31. The van der Waals surface area contributed by atoms with E-state index in [-0.39, 0.29) is 11.8 Å². The molecule has 6 nitrogen and oxygen atoms in total. The Balaban J connectivity index is 3.14. The zero-order chi connectivity index (χ0) is 14.3. The summed E-state index contributed by atoms with van der Waals surface area (Å²) in [5.41, 5.74) is 0. The Morgan fingerprint density at radius 1 is 0.842 bits per heavy atom. The highest BCUT2D eigenvalue weighted by Gasteiger charge is 1.99. The fraction of sp³-hybridized carbons (Fsp3) is 0.846. The van der Waals surface area contributed by atoms with Crippen LogP contribution in [0.25, 0.3) is 0 Å². The minimum atomic E-state index is 0.0186. The maximum atomic E-state index is 11.2. The van der Waals surface area contributed by atoms with E-state index < -0.39 is 0 Å². The van der Waals surface area contributed by atoms with Crippen molar-refractivity contribution < 1.29 is 19.1 Å². The highest BCUT2D eigenvalue weighted by Crippen LogP contribution is 1.85. The Morgan fingerprint density at radius 2 is 1.47 bits per heavy atom. The lowest BCUT2D eigenvalue weighted by Crippen LogP contribution is -2.27. The quantitative estimate of drug-likeness (QED) is 0.507. The van der Waals surface area contributed by atoms with E-state index in [2.05, 4.69) is 10.6 Å². The maximum Gasteiger partial charge on any atom is 0.222 e. The van der Waals surface area contributed by atoms with Gasteiger partial charge in [-0.05, 0) is 6.42 Å². The maximum absolute atomic E-state index is 11.2. The van der Waals surface area contributed by atoms with Crippen LogP contribution in [0.1, 0.15) is 33.1 Å². The SMILES string of the molecule is CCCNC(=O)CCOCCOCCNC(=O)CC. The van der Waals surface area contributed by atoms with Crippen LogP contribution >= 0.6 is 0 Å². The summed E-state index contributed by atoms with van der Waals surface area (Å²) in [5, 5.41) is 5.49. The van der Waals surface area contributed by atoms with E-state index in [1.54, 1.807) is 6.92 Å². The summed E-state index contributed by atoms with van der Waals surface area (Å²) < 4.78 is 10.5. The summed E-state index contributed by atoms with van der Waals surface area (Å²) in [7, 11) is 0. The van der Waals surface area contributed by atoms with Crippen LogP contribution in [0.3, 0.4) is 0 Å². The zero-order valence-electron chi connectivity index (χ0n) is 12.0. The molecule has 0 unspecified atom stereocenters. The molecule has 0 aliphatic carbocycles. The third-order valence-electron chi connectivity index (χ3n) is 2.31. The second-order valence-corrected chi connectivity index (χ2v) is 4.03. The molecule has 0 radical (unpaired) electrons. The summed E-state index contributed by atoms with van der Waals surface area (Å²) in [5.74, 6) is 0.0444. The van der Waals surface area contributed by atoms with Crippen LogP contribution in [0.15, 0.2) is 0 Å². The zero-order valence-corrected chi connectivity index (χ0v) is 12.0. The van der Waals surface area contributed by atoms with Gasteiger partial charge in [0.2, 0.25) is 11.8 Å². The summed E-state index contributed by atoms with van der Waals surface area (Å²) in [6.07, 6.45) is 1.81. The number of carbonyl (C=O) groups excluding carboxylic acids is 2. The van der Waals surface area contributed by atoms with Crippen molar-refractivity contribution in [2.45, 2.75) is 33.1 Å². The summed E-state index contributed by atoms with van der Waals surface area (Å²) >= 11 is 0. The van der Waals surface area contributed by atoms with Gasteiger partial charge < -0.3 is 20.1 Å². The van der Waals surface area contributed by atoms with Gasteiger partial charge in [-0.2, -0.15) is 0 Å². The van der Waals surface area contributed by atoms with E-state index in [9.17, 15) is 9.59 Å². The number of nitrogens with one attached hydrogen (secondary N) is 2. The van der Waals surface area contributed by atoms with Gasteiger partial charge in [0.25, 0.3) is 0 Å². The molecule has 0 saturated carbocycles. The van der Waals surface area contributed by atoms with Gasteiger partial charge in [-0.1, -0.05) is 13.8 Å². The molecule has 0 spiro atoms. The van der Waals surface area contributed by atoms with Gasteiger partial charge in [0.05, 0.1) is 26.4 Å². The van der Waals surface area contributed by atoms with Gasteiger partial charge in [-0.25, -0.2) is 0 Å². The van der Waals surface area contributed by atoms with E-state index in [0.29, 0.717) is 52.4 Å². The normalized spacial score (nSPS) is 10.2. The van der Waals surface area contributed by atoms with Crippen molar-refractivity contribution in [1.29, 1.82) is 0 Å². The van der Waals surface area contributed by atoms with Gasteiger partial charge in [0.15, 0.2) is 0 Å². The minimum absolute atomic E-state index is 0.0186. The first-order valence-electron chi connectivity index (χ1n) is 6.89. The molecular weight excluding hydrogens is 248 g/mol. The van der Waals surface area contributed by atoms with E-state index >= 15 is 0 Å². The lowest BCUT2D eigenvalue weighted by molar-refractivity contribution is -0.122. The molecule has 0 saturated heterocycles. The van der Waals surface area contributed by atoms with Crippen molar-refractivity contribution >= 4 is 11.8 Å². The fourth-order valence-electron chi connectivity index (χ4n) is 1.23. The first-order chi connectivity index (χ1) is 9.20. The van der Waals surface area contributed by atoms with Crippen molar-refractivity contribution in [3.05, 3.63) is 0 Å². The van der Waals surface area contributed by atoms with Gasteiger partial charge in [0.1, 0.15) is 0 Å². The first-order valence-corrected chi connectivity index (χ1v) is 6.89. The Hall–Kier alpha value is -1.14. The predicted molar refractivity (Wildman–Crippen MR) is 72.9 cm³/mol. The van der Waals surface area contributed by atoms with Crippen LogP contribution in [0.5, 0.6) is 0 Å². The molecule has 0 aliphatic heterocycles. The number of hydrogen-bond acceptors (Lipinski definition) is 4. The summed E-state index contributed by atoms with van der Waals surface area (Å²) in [6, 6.07) is 0. The van der Waals surface area contributed by atoms with Crippen LogP contribution in [0.4, 0.5) is 0 Å². The molecule has 0 fully saturated rings. The standard InChI is InChI=1S/C13H26N2O4/c1-3-6-14-13(17)5-8-18-10-11-19-9-7-15-12(16)4-2/h3-11H2,1-2H3,(H,14,17)(H,15,16). The average molecular weight is 274 g/mol. The van der Waals surface area contributed by atoms with Crippen molar-refractivity contribution in [2.24, 2.45) is 0 Å². The third kappa shape index (κ3) is 13.1. The number of hydrogen-bond donors (Lipinski definition) is 2. The van der Waals surface area contributed by atoms with Crippen molar-refractivity contribution in [3.8, 4) is 0 Å². The molecule has 0 aromatic rings. The molecule has 0 aromatic carbocycles. The van der Waals surface area contributed by atoms with E-state index in [0.717, 1.165) is 6.42 Å². The molecule has 6 heteroatoms. The second-order valence-electron chi connectivity index (χ2n) is 4.03. The fourth-order valence-corrected chi connectivity index (χ4v) is 1.23. The average Bonchev–Trinajstić information content (AvgIpc) is 2.42. The monoisotopic (exact) mass is 274 g/mol. The molecule has 19 heavy (non-hydrogen) atoms. The van der Waals surface area contributed by atoms with Crippen molar-refractivity contribution in [1.82, 2.24) is 10.6 Å². The molecule has 112 valence electrons. The summed E-state index contributed by atoms with van der Waals surface area (Å²) in [4.78, 5) is 22.1. The minimum Gasteiger partial charge on any atom is -0.379 e. The molecule has 0 heterocycles. The highest BCUT2D eigenvalue weighted by molar-refractivity contribution is 5.76. The van der Waals surface area contributed by atoms with Gasteiger partial charge in [0, 0.05) is 25.9 Å². The predicted octanol–water partition coefficient (Wildman–Crippen LogP) is 0.462. The number of amides is 2. The molecule has 2 amide bonds. The molecular formula is C13H26N2O4. The smallest absolute Gasteiger partial charge is 0.222 e. The van der Waals surface area contributed by atoms with E-state index in [4.69, 9.17) is 9.47 Å². The highest BCUT2D eigenvalue weighted by atomic mass is 16.5. The van der Waals surface area contributed by atoms with Crippen LogP contribution in [0, 0.1) is 0 Å². The number of rotatable bonds is 12. The van der Waals surface area contributed by atoms with E-state index in [1.165, 1.54) is 0 Å². The van der Waals surface area contributed by atoms with Crippen LogP contribution in [-0.2, 0) is 19.1 Å². The van der Waals surface area contributed by atoms with E-state index in [1.807, 2.05) is 6.92 Å². The Bertz CT molecular complexity index is 247. The lowest BCUT2D eigenvalue weighted by Gasteiger charge is -2.07.